The first-order chi connectivity index (χ1) is 10.7. The SMILES string of the molecule is CC(C)(C)OC(=O)N1CCC2(CC1)C(=O)Nc1cc(N)ccc12. The molecule has 0 aromatic heterocycles. The van der Waals surface area contributed by atoms with Crippen LogP contribution in [-0.4, -0.2) is 35.6 Å². The molecule has 0 bridgehead atoms. The van der Waals surface area contributed by atoms with Gasteiger partial charge < -0.3 is 20.7 Å². The van der Waals surface area contributed by atoms with Crippen LogP contribution >= 0.6 is 0 Å². The monoisotopic (exact) mass is 317 g/mol. The number of nitrogens with zero attached hydrogens (tertiary/aromatic N) is 1. The van der Waals surface area contributed by atoms with Crippen LogP contribution in [-0.2, 0) is 14.9 Å². The molecule has 1 saturated heterocycles. The predicted molar refractivity (Wildman–Crippen MR) is 88.2 cm³/mol. The molecule has 3 N–H and O–H groups in total. The van der Waals surface area contributed by atoms with Gasteiger partial charge in [-0.1, -0.05) is 6.07 Å². The molecular formula is C17H23N3O3. The van der Waals surface area contributed by atoms with E-state index in [1.54, 1.807) is 11.0 Å². The molecule has 3 rings (SSSR count). The van der Waals surface area contributed by atoms with E-state index in [0.717, 1.165) is 11.3 Å². The average molecular weight is 317 g/mol. The van der Waals surface area contributed by atoms with Crippen molar-refractivity contribution in [1.82, 2.24) is 4.90 Å². The van der Waals surface area contributed by atoms with Crippen LogP contribution in [0.5, 0.6) is 0 Å². The first kappa shape index (κ1) is 15.6. The number of ether oxygens (including phenoxy) is 1. The van der Waals surface area contributed by atoms with Gasteiger partial charge >= 0.3 is 6.09 Å². The Balaban J connectivity index is 1.76. The normalized spacial score (nSPS) is 19.4. The third kappa shape index (κ3) is 2.73. The lowest BCUT2D eigenvalue weighted by Crippen LogP contribution is -2.49. The van der Waals surface area contributed by atoms with E-state index in [1.807, 2.05) is 32.9 Å². The molecule has 0 saturated carbocycles. The molecular weight excluding hydrogens is 294 g/mol. The number of benzene rings is 1. The number of rotatable bonds is 0. The van der Waals surface area contributed by atoms with Crippen molar-refractivity contribution < 1.29 is 14.3 Å². The largest absolute Gasteiger partial charge is 0.444 e. The van der Waals surface area contributed by atoms with Crippen molar-refractivity contribution in [2.24, 2.45) is 0 Å². The van der Waals surface area contributed by atoms with Gasteiger partial charge in [-0.3, -0.25) is 4.79 Å². The molecule has 2 aliphatic rings. The highest BCUT2D eigenvalue weighted by Crippen LogP contribution is 2.45. The fourth-order valence-electron chi connectivity index (χ4n) is 3.34. The van der Waals surface area contributed by atoms with Crippen molar-refractivity contribution in [3.05, 3.63) is 23.8 Å². The zero-order valence-corrected chi connectivity index (χ0v) is 13.8. The topological polar surface area (TPSA) is 84.7 Å². The van der Waals surface area contributed by atoms with Crippen molar-refractivity contribution >= 4 is 23.4 Å². The van der Waals surface area contributed by atoms with E-state index in [9.17, 15) is 9.59 Å². The smallest absolute Gasteiger partial charge is 0.410 e. The molecule has 2 heterocycles. The minimum absolute atomic E-state index is 0.00180. The van der Waals surface area contributed by atoms with Crippen LogP contribution in [0.1, 0.15) is 39.2 Å². The number of carbonyl (C=O) groups is 2. The summed E-state index contributed by atoms with van der Waals surface area (Å²) >= 11 is 0. The molecule has 1 fully saturated rings. The lowest BCUT2D eigenvalue weighted by molar-refractivity contribution is -0.122. The number of nitrogen functional groups attached to an aromatic ring is 1. The highest BCUT2D eigenvalue weighted by Gasteiger charge is 2.49. The molecule has 23 heavy (non-hydrogen) atoms. The summed E-state index contributed by atoms with van der Waals surface area (Å²) < 4.78 is 5.41. The Morgan fingerprint density at radius 3 is 2.57 bits per heavy atom. The van der Waals surface area contributed by atoms with Gasteiger partial charge in [0.25, 0.3) is 0 Å². The van der Waals surface area contributed by atoms with Gasteiger partial charge in [0, 0.05) is 24.5 Å². The highest BCUT2D eigenvalue weighted by atomic mass is 16.6. The molecule has 0 atom stereocenters. The molecule has 0 unspecified atom stereocenters. The van der Waals surface area contributed by atoms with E-state index in [-0.39, 0.29) is 12.0 Å². The number of anilines is 2. The fraction of sp³-hybridized carbons (Fsp3) is 0.529. The Kier molecular flexibility index (Phi) is 3.50. The quantitative estimate of drug-likeness (QED) is 0.720. The number of hydrogen-bond acceptors (Lipinski definition) is 4. The van der Waals surface area contributed by atoms with Crippen LogP contribution in [0.2, 0.25) is 0 Å². The molecule has 1 aromatic carbocycles. The van der Waals surface area contributed by atoms with Crippen molar-refractivity contribution in [2.75, 3.05) is 24.1 Å². The fourth-order valence-corrected chi connectivity index (χ4v) is 3.34. The van der Waals surface area contributed by atoms with Gasteiger partial charge in [0.1, 0.15) is 5.60 Å². The molecule has 124 valence electrons. The highest BCUT2D eigenvalue weighted by molar-refractivity contribution is 6.06. The molecule has 2 amide bonds. The second-order valence-electron chi connectivity index (χ2n) is 7.31. The summed E-state index contributed by atoms with van der Waals surface area (Å²) in [5.41, 5.74) is 7.14. The Morgan fingerprint density at radius 1 is 1.30 bits per heavy atom. The van der Waals surface area contributed by atoms with E-state index in [4.69, 9.17) is 10.5 Å². The molecule has 6 nitrogen and oxygen atoms in total. The number of piperidine rings is 1. The van der Waals surface area contributed by atoms with E-state index in [0.29, 0.717) is 31.6 Å². The second kappa shape index (κ2) is 5.15. The van der Waals surface area contributed by atoms with Crippen LogP contribution in [0.15, 0.2) is 18.2 Å². The molecule has 0 aliphatic carbocycles. The van der Waals surface area contributed by atoms with E-state index in [1.165, 1.54) is 0 Å². The van der Waals surface area contributed by atoms with Gasteiger partial charge in [-0.25, -0.2) is 4.79 Å². The van der Waals surface area contributed by atoms with Gasteiger partial charge in [-0.15, -0.1) is 0 Å². The van der Waals surface area contributed by atoms with Crippen LogP contribution < -0.4 is 11.1 Å². The molecule has 1 aromatic rings. The zero-order valence-electron chi connectivity index (χ0n) is 13.8. The van der Waals surface area contributed by atoms with E-state index >= 15 is 0 Å². The third-order valence-electron chi connectivity index (χ3n) is 4.51. The summed E-state index contributed by atoms with van der Waals surface area (Å²) in [6, 6.07) is 5.54. The van der Waals surface area contributed by atoms with E-state index in [2.05, 4.69) is 5.32 Å². The number of likely N-dealkylation sites (tertiary alicyclic amines) is 1. The number of hydrogen-bond donors (Lipinski definition) is 2. The minimum atomic E-state index is -0.554. The number of fused-ring (bicyclic) bond motifs is 2. The van der Waals surface area contributed by atoms with Gasteiger partial charge in [0.2, 0.25) is 5.91 Å². The maximum atomic E-state index is 12.5. The van der Waals surface area contributed by atoms with Crippen molar-refractivity contribution in [3.8, 4) is 0 Å². The maximum Gasteiger partial charge on any atom is 0.410 e. The standard InChI is InChI=1S/C17H23N3O3/c1-16(2,3)23-15(22)20-8-6-17(7-9-20)12-5-4-11(18)10-13(12)19-14(17)21/h4-5,10H,6-9,18H2,1-3H3,(H,19,21). The van der Waals surface area contributed by atoms with Crippen LogP contribution in [0.25, 0.3) is 0 Å². The third-order valence-corrected chi connectivity index (χ3v) is 4.51. The van der Waals surface area contributed by atoms with Crippen molar-refractivity contribution in [3.63, 3.8) is 0 Å². The maximum absolute atomic E-state index is 12.5. The average Bonchev–Trinajstić information content (AvgIpc) is 2.70. The number of nitrogens with two attached hydrogens (primary N) is 1. The Bertz CT molecular complexity index is 656. The van der Waals surface area contributed by atoms with Crippen LogP contribution in [0.3, 0.4) is 0 Å². The van der Waals surface area contributed by atoms with Crippen LogP contribution in [0, 0.1) is 0 Å². The Hall–Kier alpha value is -2.24. The van der Waals surface area contributed by atoms with Crippen molar-refractivity contribution in [1.29, 1.82) is 0 Å². The number of carbonyl (C=O) groups excluding carboxylic acids is 2. The molecule has 0 radical (unpaired) electrons. The summed E-state index contributed by atoms with van der Waals surface area (Å²) in [5, 5.41) is 2.93. The Morgan fingerprint density at radius 2 is 1.96 bits per heavy atom. The first-order valence-electron chi connectivity index (χ1n) is 7.91. The summed E-state index contributed by atoms with van der Waals surface area (Å²) in [7, 11) is 0. The first-order valence-corrected chi connectivity index (χ1v) is 7.91. The lowest BCUT2D eigenvalue weighted by atomic mass is 9.74. The second-order valence-corrected chi connectivity index (χ2v) is 7.31. The summed E-state index contributed by atoms with van der Waals surface area (Å²) in [6.07, 6.45) is 0.868. The molecule has 1 spiro atoms. The van der Waals surface area contributed by atoms with Gasteiger partial charge in [0.05, 0.1) is 5.41 Å². The number of nitrogens with one attached hydrogen (secondary N) is 1. The lowest BCUT2D eigenvalue weighted by Gasteiger charge is -2.38. The summed E-state index contributed by atoms with van der Waals surface area (Å²) in [6.45, 7) is 6.56. The minimum Gasteiger partial charge on any atom is -0.444 e. The van der Waals surface area contributed by atoms with Gasteiger partial charge in [-0.2, -0.15) is 0 Å². The predicted octanol–water partition coefficient (Wildman–Crippen LogP) is 2.49. The van der Waals surface area contributed by atoms with Gasteiger partial charge in [-0.05, 0) is 51.3 Å². The van der Waals surface area contributed by atoms with Gasteiger partial charge in [0.15, 0.2) is 0 Å². The summed E-state index contributed by atoms with van der Waals surface area (Å²) in [5.74, 6) is 0.00180. The Labute approximate surface area is 136 Å². The van der Waals surface area contributed by atoms with Crippen molar-refractivity contribution in [2.45, 2.75) is 44.6 Å². The zero-order chi connectivity index (χ0) is 16.8. The summed E-state index contributed by atoms with van der Waals surface area (Å²) in [4.78, 5) is 26.4. The number of amides is 2. The van der Waals surface area contributed by atoms with Crippen LogP contribution in [0.4, 0.5) is 16.2 Å². The van der Waals surface area contributed by atoms with E-state index < -0.39 is 11.0 Å². The molecule has 2 aliphatic heterocycles. The molecule has 6 heteroatoms.